The van der Waals surface area contributed by atoms with E-state index in [4.69, 9.17) is 12.2 Å². The molecule has 0 unspecified atom stereocenters. The Morgan fingerprint density at radius 2 is 2.10 bits per heavy atom. The van der Waals surface area contributed by atoms with Gasteiger partial charge in [0.15, 0.2) is 0 Å². The first kappa shape index (κ1) is 11.8. The zero-order chi connectivity index (χ0) is 13.7. The van der Waals surface area contributed by atoms with Crippen molar-refractivity contribution in [1.82, 2.24) is 23.7 Å². The first-order valence-electron chi connectivity index (χ1n) is 5.79. The first-order valence-corrected chi connectivity index (χ1v) is 7.82. The molecule has 8 heteroatoms. The van der Waals surface area contributed by atoms with Crippen molar-refractivity contribution in [1.29, 1.82) is 0 Å². The van der Waals surface area contributed by atoms with Crippen LogP contribution in [0.15, 0.2) is 35.3 Å². The van der Waals surface area contributed by atoms with Gasteiger partial charge in [-0.1, -0.05) is 0 Å². The fourth-order valence-electron chi connectivity index (χ4n) is 2.11. The Morgan fingerprint density at radius 1 is 1.25 bits per heavy atom. The Morgan fingerprint density at radius 3 is 2.95 bits per heavy atom. The maximum absolute atomic E-state index is 12.5. The molecule has 2 N–H and O–H groups in total. The van der Waals surface area contributed by atoms with Crippen molar-refractivity contribution >= 4 is 47.6 Å². The number of nitrogens with one attached hydrogen (secondary N) is 2. The molecule has 6 nitrogen and oxygen atoms in total. The molecule has 0 aliphatic heterocycles. The average Bonchev–Trinajstić information content (AvgIpc) is 3.03. The third kappa shape index (κ3) is 1.62. The summed E-state index contributed by atoms with van der Waals surface area (Å²) in [6, 6.07) is 7.63. The third-order valence-corrected chi connectivity index (χ3v) is 5.45. The molecule has 0 aliphatic rings. The zero-order valence-corrected chi connectivity index (χ0v) is 12.5. The molecule has 0 fully saturated rings. The Hall–Kier alpha value is -2.02. The van der Waals surface area contributed by atoms with E-state index in [1.807, 2.05) is 24.3 Å². The quantitative estimate of drug-likeness (QED) is 0.402. The fraction of sp³-hybridized carbons (Fsp3) is 0. The van der Waals surface area contributed by atoms with Crippen LogP contribution in [0.3, 0.4) is 0 Å². The van der Waals surface area contributed by atoms with E-state index in [0.29, 0.717) is 16.2 Å². The van der Waals surface area contributed by atoms with Crippen molar-refractivity contribution in [3.05, 3.63) is 45.6 Å². The summed E-state index contributed by atoms with van der Waals surface area (Å²) in [7, 11) is 0. The number of rotatable bonds is 1. The summed E-state index contributed by atoms with van der Waals surface area (Å²) >= 11 is 4.98. The molecule has 0 aliphatic carbocycles. The Balaban J connectivity index is 2.16. The second kappa shape index (κ2) is 4.24. The molecular formula is C12H7N5OSSe. The Bertz CT molecular complexity index is 1060. The third-order valence-electron chi connectivity index (χ3n) is 3.00. The van der Waals surface area contributed by atoms with Gasteiger partial charge < -0.3 is 0 Å². The second-order valence-electron chi connectivity index (χ2n) is 4.21. The molecule has 0 saturated heterocycles. The Kier molecular flexibility index (Phi) is 2.50. The topological polar surface area (TPSA) is 79.4 Å². The van der Waals surface area contributed by atoms with Crippen LogP contribution in [0.1, 0.15) is 0 Å². The van der Waals surface area contributed by atoms with Crippen LogP contribution < -0.4 is 5.56 Å². The number of benzene rings is 1. The maximum atomic E-state index is 12.5. The van der Waals surface area contributed by atoms with Crippen molar-refractivity contribution in [2.24, 2.45) is 0 Å². The molecule has 0 atom stereocenters. The van der Waals surface area contributed by atoms with Gasteiger partial charge in [-0.25, -0.2) is 0 Å². The average molecular weight is 348 g/mol. The van der Waals surface area contributed by atoms with E-state index >= 15 is 0 Å². The summed E-state index contributed by atoms with van der Waals surface area (Å²) in [5.41, 5.74) is 0.649. The molecule has 0 saturated carbocycles. The van der Waals surface area contributed by atoms with Crippen LogP contribution in [0.5, 0.6) is 0 Å². The van der Waals surface area contributed by atoms with Crippen molar-refractivity contribution in [2.75, 3.05) is 0 Å². The monoisotopic (exact) mass is 349 g/mol. The zero-order valence-electron chi connectivity index (χ0n) is 9.95. The summed E-state index contributed by atoms with van der Waals surface area (Å²) in [4.78, 5) is 19.7. The molecule has 0 bridgehead atoms. The molecule has 1 aromatic carbocycles. The minimum absolute atomic E-state index is 0.0313. The number of hydrogen-bond acceptors (Lipinski definition) is 4. The van der Waals surface area contributed by atoms with Gasteiger partial charge in [-0.15, -0.1) is 0 Å². The van der Waals surface area contributed by atoms with Crippen LogP contribution in [-0.2, 0) is 0 Å². The normalized spacial score (nSPS) is 11.4. The summed E-state index contributed by atoms with van der Waals surface area (Å²) in [5, 5.41) is 8.30. The molecule has 0 amide bonds. The predicted molar refractivity (Wildman–Crippen MR) is 79.1 cm³/mol. The number of fused-ring (bicyclic) bond motifs is 2. The van der Waals surface area contributed by atoms with Gasteiger partial charge in [0.05, 0.1) is 0 Å². The second-order valence-corrected chi connectivity index (χ2v) is 6.67. The molecule has 3 heterocycles. The molecular weight excluding hydrogens is 341 g/mol. The molecule has 0 radical (unpaired) electrons. The van der Waals surface area contributed by atoms with Crippen LogP contribution in [-0.4, -0.2) is 38.5 Å². The number of hydrogen-bond donors (Lipinski definition) is 2. The number of aromatic nitrogens is 5. The summed E-state index contributed by atoms with van der Waals surface area (Å²) in [6.07, 6.45) is 1.65. The van der Waals surface area contributed by atoms with E-state index in [-0.39, 0.29) is 20.3 Å². The van der Waals surface area contributed by atoms with Crippen LogP contribution in [0.2, 0.25) is 0 Å². The van der Waals surface area contributed by atoms with Gasteiger partial charge in [0, 0.05) is 0 Å². The van der Waals surface area contributed by atoms with Crippen molar-refractivity contribution in [2.45, 2.75) is 0 Å². The number of H-pyrrole nitrogens is 2. The summed E-state index contributed by atoms with van der Waals surface area (Å²) in [6.45, 7) is 0. The summed E-state index contributed by atoms with van der Waals surface area (Å²) < 4.78 is 3.08. The molecule has 98 valence electrons. The first-order chi connectivity index (χ1) is 9.74. The molecule has 4 rings (SSSR count). The van der Waals surface area contributed by atoms with Gasteiger partial charge in [-0.3, -0.25) is 0 Å². The SMILES string of the molecule is O=c1c2ccccc2[se]n1-c1nc(=S)[nH]c2[nH]ncc12. The van der Waals surface area contributed by atoms with E-state index in [0.717, 1.165) is 15.0 Å². The van der Waals surface area contributed by atoms with E-state index in [2.05, 4.69) is 20.2 Å². The molecule has 20 heavy (non-hydrogen) atoms. The van der Waals surface area contributed by atoms with Gasteiger partial charge in [-0.2, -0.15) is 0 Å². The van der Waals surface area contributed by atoms with Crippen LogP contribution >= 0.6 is 12.2 Å². The summed E-state index contributed by atoms with van der Waals surface area (Å²) in [5.74, 6) is 0.568. The molecule has 4 aromatic rings. The van der Waals surface area contributed by atoms with Gasteiger partial charge in [-0.05, 0) is 0 Å². The molecule has 3 aromatic heterocycles. The van der Waals surface area contributed by atoms with Crippen LogP contribution in [0.4, 0.5) is 0 Å². The van der Waals surface area contributed by atoms with Gasteiger partial charge >= 0.3 is 123 Å². The van der Waals surface area contributed by atoms with Crippen molar-refractivity contribution in [3.8, 4) is 5.82 Å². The van der Waals surface area contributed by atoms with Gasteiger partial charge in [0.1, 0.15) is 0 Å². The van der Waals surface area contributed by atoms with Gasteiger partial charge in [0.2, 0.25) is 0 Å². The van der Waals surface area contributed by atoms with Gasteiger partial charge in [0.25, 0.3) is 0 Å². The minimum atomic E-state index is -0.131. The molecule has 0 spiro atoms. The van der Waals surface area contributed by atoms with Crippen LogP contribution in [0.25, 0.3) is 26.5 Å². The fourth-order valence-corrected chi connectivity index (χ4v) is 4.39. The van der Waals surface area contributed by atoms with E-state index in [1.165, 1.54) is 0 Å². The van der Waals surface area contributed by atoms with E-state index in [1.54, 1.807) is 9.76 Å². The van der Waals surface area contributed by atoms with Crippen molar-refractivity contribution in [3.63, 3.8) is 0 Å². The predicted octanol–water partition coefficient (Wildman–Crippen LogP) is 1.38. The van der Waals surface area contributed by atoms with Crippen molar-refractivity contribution < 1.29 is 0 Å². The van der Waals surface area contributed by atoms with E-state index in [9.17, 15) is 4.79 Å². The standard InChI is InChI=1S/C12H7N5OSSe/c18-11-6-3-1-2-4-8(6)20-17(11)10-7-5-13-16-9(7)14-12(19)15-10/h1-5H,(H2,13,14,15,16,19). The van der Waals surface area contributed by atoms with E-state index < -0.39 is 0 Å². The van der Waals surface area contributed by atoms with Crippen LogP contribution in [0, 0.1) is 4.77 Å². The number of nitrogens with zero attached hydrogens (tertiary/aromatic N) is 3. The Labute approximate surface area is 123 Å². The number of aromatic amines is 2.